The zero-order valence-corrected chi connectivity index (χ0v) is 14.1. The number of hydrogen-bond acceptors (Lipinski definition) is 4. The van der Waals surface area contributed by atoms with Crippen molar-refractivity contribution in [2.75, 3.05) is 5.32 Å². The van der Waals surface area contributed by atoms with Gasteiger partial charge in [-0.2, -0.15) is 0 Å². The first-order valence-electron chi connectivity index (χ1n) is 7.88. The molecule has 4 nitrogen and oxygen atoms in total. The van der Waals surface area contributed by atoms with Crippen LogP contribution >= 0.6 is 11.8 Å². The molecule has 120 valence electrons. The average Bonchev–Trinajstić information content (AvgIpc) is 3.15. The number of nitrogens with zero attached hydrogens (tertiary/aromatic N) is 1. The zero-order valence-electron chi connectivity index (χ0n) is 13.2. The van der Waals surface area contributed by atoms with E-state index < -0.39 is 0 Å². The maximum atomic E-state index is 12.6. The molecule has 2 aliphatic rings. The van der Waals surface area contributed by atoms with Gasteiger partial charge in [0.1, 0.15) is 5.84 Å². The van der Waals surface area contributed by atoms with E-state index in [1.165, 1.54) is 0 Å². The molecule has 2 aliphatic heterocycles. The lowest BCUT2D eigenvalue weighted by atomic mass is 10.1. The summed E-state index contributed by atoms with van der Waals surface area (Å²) in [6.45, 7) is 1.97. The van der Waals surface area contributed by atoms with E-state index in [1.54, 1.807) is 16.7 Å². The number of fused-ring (bicyclic) bond motifs is 1. The molecule has 0 saturated carbocycles. The number of nitrogens with one attached hydrogen (secondary N) is 2. The Bertz CT molecular complexity index is 833. The highest BCUT2D eigenvalue weighted by Crippen LogP contribution is 2.44. The molecule has 2 aromatic carbocycles. The first-order valence-corrected chi connectivity index (χ1v) is 8.70. The van der Waals surface area contributed by atoms with Crippen LogP contribution in [0.3, 0.4) is 0 Å². The number of thioether (sulfide) groups is 1. The van der Waals surface area contributed by atoms with Crippen LogP contribution in [0.25, 0.3) is 0 Å². The topological polar surface area (TPSA) is 56.2 Å². The molecule has 1 fully saturated rings. The van der Waals surface area contributed by atoms with Crippen molar-refractivity contribution in [1.29, 1.82) is 5.41 Å². The van der Waals surface area contributed by atoms with E-state index in [-0.39, 0.29) is 18.4 Å². The predicted molar refractivity (Wildman–Crippen MR) is 97.0 cm³/mol. The Balaban J connectivity index is 1.64. The fourth-order valence-electron chi connectivity index (χ4n) is 3.12. The lowest BCUT2D eigenvalue weighted by Gasteiger charge is -2.24. The molecule has 2 N–H and O–H groups in total. The number of carbonyl (C=O) groups is 1. The molecular formula is C19H17N3OS. The second-order valence-electron chi connectivity index (χ2n) is 5.91. The Hall–Kier alpha value is -2.53. The van der Waals surface area contributed by atoms with Gasteiger partial charge in [-0.25, -0.2) is 0 Å². The van der Waals surface area contributed by atoms with Crippen molar-refractivity contribution in [3.8, 4) is 0 Å². The van der Waals surface area contributed by atoms with Gasteiger partial charge in [0.2, 0.25) is 5.91 Å². The van der Waals surface area contributed by atoms with Crippen molar-refractivity contribution >= 4 is 29.2 Å². The minimum Gasteiger partial charge on any atom is -0.349 e. The van der Waals surface area contributed by atoms with Gasteiger partial charge in [0, 0.05) is 10.5 Å². The van der Waals surface area contributed by atoms with E-state index in [9.17, 15) is 4.79 Å². The maximum absolute atomic E-state index is 12.6. The van der Waals surface area contributed by atoms with Gasteiger partial charge in [0.05, 0.1) is 23.2 Å². The third-order valence-electron chi connectivity index (χ3n) is 4.41. The minimum absolute atomic E-state index is 0.0165. The number of likely N-dealkylation sites (tertiary alicyclic amines) is 1. The molecule has 0 radical (unpaired) electrons. The number of hydrogen-bond donors (Lipinski definition) is 2. The van der Waals surface area contributed by atoms with Gasteiger partial charge in [0.15, 0.2) is 0 Å². The molecule has 0 spiro atoms. The number of carbonyl (C=O) groups excluding carboxylic acids is 1. The molecule has 0 bridgehead atoms. The molecule has 0 aromatic heterocycles. The smallest absolute Gasteiger partial charge is 0.233 e. The van der Waals surface area contributed by atoms with Gasteiger partial charge in [-0.1, -0.05) is 54.2 Å². The molecule has 1 atom stereocenters. The minimum atomic E-state index is -0.141. The molecular weight excluding hydrogens is 318 g/mol. The summed E-state index contributed by atoms with van der Waals surface area (Å²) >= 11 is 1.60. The van der Waals surface area contributed by atoms with Gasteiger partial charge in [-0.3, -0.25) is 15.1 Å². The summed E-state index contributed by atoms with van der Waals surface area (Å²) in [6, 6.07) is 17.8. The first kappa shape index (κ1) is 15.0. The summed E-state index contributed by atoms with van der Waals surface area (Å²) in [4.78, 5) is 15.3. The van der Waals surface area contributed by atoms with Crippen LogP contribution in [0.15, 0.2) is 70.1 Å². The van der Waals surface area contributed by atoms with E-state index in [4.69, 9.17) is 5.41 Å². The molecule has 0 aliphatic carbocycles. The largest absolute Gasteiger partial charge is 0.349 e. The molecule has 2 heterocycles. The Kier molecular flexibility index (Phi) is 3.65. The lowest BCUT2D eigenvalue weighted by Crippen LogP contribution is -2.32. The quantitative estimate of drug-likeness (QED) is 0.856. The average molecular weight is 335 g/mol. The number of amidine groups is 1. The van der Waals surface area contributed by atoms with Crippen LogP contribution in [0.5, 0.6) is 0 Å². The second kappa shape index (κ2) is 5.83. The van der Waals surface area contributed by atoms with Crippen molar-refractivity contribution in [3.05, 3.63) is 70.8 Å². The third-order valence-corrected chi connectivity index (χ3v) is 5.54. The third kappa shape index (κ3) is 2.41. The van der Waals surface area contributed by atoms with E-state index >= 15 is 0 Å². The standard InChI is InChI=1S/C19H17N3OS/c1-12(13-7-3-2-4-8-13)22-17(23)11-14(18(22)20)19-21-15-9-5-6-10-16(15)24-19/h2-10,12,20-21H,11H2,1H3/b19-14+,20-18?. The summed E-state index contributed by atoms with van der Waals surface area (Å²) in [5, 5.41) is 12.8. The molecule has 2 aromatic rings. The maximum Gasteiger partial charge on any atom is 0.233 e. The number of benzene rings is 2. The summed E-state index contributed by atoms with van der Waals surface area (Å²) in [6.07, 6.45) is 0.277. The number of rotatable bonds is 2. The summed E-state index contributed by atoms with van der Waals surface area (Å²) < 4.78 is 0. The fourth-order valence-corrected chi connectivity index (χ4v) is 4.17. The number of anilines is 1. The van der Waals surface area contributed by atoms with Gasteiger partial charge in [-0.05, 0) is 24.6 Å². The van der Waals surface area contributed by atoms with Crippen LogP contribution in [0.2, 0.25) is 0 Å². The molecule has 1 unspecified atom stereocenters. The van der Waals surface area contributed by atoms with E-state index in [0.717, 1.165) is 26.7 Å². The fraction of sp³-hybridized carbons (Fsp3) is 0.158. The van der Waals surface area contributed by atoms with Crippen molar-refractivity contribution in [3.63, 3.8) is 0 Å². The van der Waals surface area contributed by atoms with Crippen LogP contribution in [0.4, 0.5) is 5.69 Å². The molecule has 1 amide bonds. The summed E-state index contributed by atoms with van der Waals surface area (Å²) in [7, 11) is 0. The second-order valence-corrected chi connectivity index (χ2v) is 6.96. The normalized spacial score (nSPS) is 21.0. The highest BCUT2D eigenvalue weighted by molar-refractivity contribution is 8.03. The van der Waals surface area contributed by atoms with Crippen molar-refractivity contribution in [1.82, 2.24) is 4.90 Å². The van der Waals surface area contributed by atoms with Gasteiger partial charge in [-0.15, -0.1) is 0 Å². The predicted octanol–water partition coefficient (Wildman–Crippen LogP) is 4.39. The molecule has 1 saturated heterocycles. The van der Waals surface area contributed by atoms with Crippen LogP contribution in [-0.2, 0) is 4.79 Å². The number of para-hydroxylation sites is 1. The van der Waals surface area contributed by atoms with Crippen LogP contribution in [0, 0.1) is 5.41 Å². The van der Waals surface area contributed by atoms with Crippen LogP contribution in [-0.4, -0.2) is 16.6 Å². The summed E-state index contributed by atoms with van der Waals surface area (Å²) in [5.41, 5.74) is 2.86. The molecule has 4 rings (SSSR count). The van der Waals surface area contributed by atoms with Crippen molar-refractivity contribution in [2.45, 2.75) is 24.3 Å². The van der Waals surface area contributed by atoms with Crippen LogP contribution in [0.1, 0.15) is 24.9 Å². The highest BCUT2D eigenvalue weighted by atomic mass is 32.2. The monoisotopic (exact) mass is 335 g/mol. The number of amides is 1. The Morgan fingerprint density at radius 1 is 1.12 bits per heavy atom. The zero-order chi connectivity index (χ0) is 16.7. The van der Waals surface area contributed by atoms with Crippen molar-refractivity contribution in [2.24, 2.45) is 0 Å². The Morgan fingerprint density at radius 2 is 1.83 bits per heavy atom. The summed E-state index contributed by atoms with van der Waals surface area (Å²) in [5.74, 6) is 0.288. The van der Waals surface area contributed by atoms with E-state index in [2.05, 4.69) is 5.32 Å². The van der Waals surface area contributed by atoms with Crippen LogP contribution < -0.4 is 5.32 Å². The SMILES string of the molecule is CC(c1ccccc1)N1C(=N)/C(=C2\Nc3ccccc3S2)CC1=O. The van der Waals surface area contributed by atoms with Crippen molar-refractivity contribution < 1.29 is 4.79 Å². The Morgan fingerprint density at radius 3 is 2.58 bits per heavy atom. The molecule has 24 heavy (non-hydrogen) atoms. The Labute approximate surface area is 145 Å². The van der Waals surface area contributed by atoms with Gasteiger partial charge >= 0.3 is 0 Å². The highest BCUT2D eigenvalue weighted by Gasteiger charge is 2.37. The van der Waals surface area contributed by atoms with Gasteiger partial charge in [0.25, 0.3) is 0 Å². The van der Waals surface area contributed by atoms with E-state index in [1.807, 2.05) is 61.5 Å². The molecule has 5 heteroatoms. The lowest BCUT2D eigenvalue weighted by molar-refractivity contribution is -0.126. The van der Waals surface area contributed by atoms with Gasteiger partial charge < -0.3 is 5.32 Å². The first-order chi connectivity index (χ1) is 11.6. The van der Waals surface area contributed by atoms with E-state index in [0.29, 0.717) is 5.84 Å².